The van der Waals surface area contributed by atoms with Gasteiger partial charge in [0.2, 0.25) is 5.88 Å². The smallest absolute Gasteiger partial charge is 0.305 e. The lowest BCUT2D eigenvalue weighted by atomic mass is 10.0. The molecular weight excluding hydrogens is 389 g/mol. The van der Waals surface area contributed by atoms with Crippen LogP contribution in [0.1, 0.15) is 28.5 Å². The summed E-state index contributed by atoms with van der Waals surface area (Å²) in [4.78, 5) is 23.7. The van der Waals surface area contributed by atoms with Gasteiger partial charge in [-0.3, -0.25) is 9.59 Å². The molecular formula is C19H15ClFN3O4. The van der Waals surface area contributed by atoms with Gasteiger partial charge < -0.3 is 15.5 Å². The minimum absolute atomic E-state index is 0.107. The standard InChI is InChI=1S/C19H15ClFN3O4/c20-12-3-7-14(8-4-12)24-17(25)9-16(23-24)19(28)22-15(10-18(26)27)11-1-5-13(21)6-2-11/h1-9,15,25H,10H2,(H,22,28)(H,26,27)/t15-/m0/s1. The molecule has 0 radical (unpaired) electrons. The van der Waals surface area contributed by atoms with Gasteiger partial charge in [-0.25, -0.2) is 9.07 Å². The summed E-state index contributed by atoms with van der Waals surface area (Å²) in [5.74, 6) is -2.57. The SMILES string of the molecule is O=C(O)C[C@H](NC(=O)c1cc(O)n(-c2ccc(Cl)cc2)n1)c1ccc(F)cc1. The first kappa shape index (κ1) is 19.4. The summed E-state index contributed by atoms with van der Waals surface area (Å²) in [6.07, 6.45) is -0.402. The zero-order valence-corrected chi connectivity index (χ0v) is 15.1. The summed E-state index contributed by atoms with van der Waals surface area (Å²) < 4.78 is 14.3. The number of halogens is 2. The van der Waals surface area contributed by atoms with E-state index in [4.69, 9.17) is 16.7 Å². The van der Waals surface area contributed by atoms with E-state index in [0.717, 1.165) is 10.7 Å². The van der Waals surface area contributed by atoms with Gasteiger partial charge in [0.25, 0.3) is 5.91 Å². The lowest BCUT2D eigenvalue weighted by Crippen LogP contribution is -2.30. The molecule has 0 bridgehead atoms. The fourth-order valence-corrected chi connectivity index (χ4v) is 2.73. The maximum atomic E-state index is 13.1. The number of benzene rings is 2. The van der Waals surface area contributed by atoms with Crippen molar-refractivity contribution in [2.24, 2.45) is 0 Å². The Balaban J connectivity index is 1.83. The summed E-state index contributed by atoms with van der Waals surface area (Å²) in [6.45, 7) is 0. The molecule has 1 amide bonds. The number of carbonyl (C=O) groups excluding carboxylic acids is 1. The quantitative estimate of drug-likeness (QED) is 0.585. The van der Waals surface area contributed by atoms with E-state index in [9.17, 15) is 19.1 Å². The van der Waals surface area contributed by atoms with Crippen molar-refractivity contribution in [1.82, 2.24) is 15.1 Å². The highest BCUT2D eigenvalue weighted by Gasteiger charge is 2.22. The molecule has 3 aromatic rings. The topological polar surface area (TPSA) is 104 Å². The Bertz CT molecular complexity index is 1000. The number of aromatic nitrogens is 2. The number of nitrogens with one attached hydrogen (secondary N) is 1. The van der Waals surface area contributed by atoms with Gasteiger partial charge in [0, 0.05) is 11.1 Å². The molecule has 1 aromatic heterocycles. The van der Waals surface area contributed by atoms with E-state index in [-0.39, 0.29) is 11.6 Å². The maximum Gasteiger partial charge on any atom is 0.305 e. The third-order valence-corrected chi connectivity index (χ3v) is 4.20. The molecule has 1 heterocycles. The summed E-state index contributed by atoms with van der Waals surface area (Å²) in [6, 6.07) is 11.9. The van der Waals surface area contributed by atoms with Gasteiger partial charge in [0.1, 0.15) is 5.82 Å². The van der Waals surface area contributed by atoms with Crippen LogP contribution >= 0.6 is 11.6 Å². The highest BCUT2D eigenvalue weighted by atomic mass is 35.5. The van der Waals surface area contributed by atoms with Crippen LogP contribution in [0.3, 0.4) is 0 Å². The molecule has 28 heavy (non-hydrogen) atoms. The minimum Gasteiger partial charge on any atom is -0.493 e. The third kappa shape index (κ3) is 4.47. The van der Waals surface area contributed by atoms with Crippen molar-refractivity contribution in [3.05, 3.63) is 76.7 Å². The highest BCUT2D eigenvalue weighted by Crippen LogP contribution is 2.22. The van der Waals surface area contributed by atoms with Gasteiger partial charge in [0.05, 0.1) is 18.2 Å². The number of hydrogen-bond donors (Lipinski definition) is 3. The molecule has 0 aliphatic carbocycles. The fourth-order valence-electron chi connectivity index (χ4n) is 2.61. The van der Waals surface area contributed by atoms with Crippen molar-refractivity contribution in [2.45, 2.75) is 12.5 Å². The number of carboxylic acids is 1. The lowest BCUT2D eigenvalue weighted by molar-refractivity contribution is -0.137. The van der Waals surface area contributed by atoms with Gasteiger partial charge in [-0.1, -0.05) is 23.7 Å². The molecule has 7 nitrogen and oxygen atoms in total. The molecule has 0 fully saturated rings. The van der Waals surface area contributed by atoms with Crippen LogP contribution in [0, 0.1) is 5.82 Å². The van der Waals surface area contributed by atoms with Gasteiger partial charge in [-0.05, 0) is 42.0 Å². The Morgan fingerprint density at radius 1 is 1.14 bits per heavy atom. The lowest BCUT2D eigenvalue weighted by Gasteiger charge is -2.16. The second-order valence-electron chi connectivity index (χ2n) is 5.95. The van der Waals surface area contributed by atoms with Crippen LogP contribution < -0.4 is 5.32 Å². The highest BCUT2D eigenvalue weighted by molar-refractivity contribution is 6.30. The normalized spacial score (nSPS) is 11.8. The zero-order valence-electron chi connectivity index (χ0n) is 14.3. The average Bonchev–Trinajstić information content (AvgIpc) is 3.04. The first-order chi connectivity index (χ1) is 13.3. The van der Waals surface area contributed by atoms with Crippen LogP contribution in [0.4, 0.5) is 4.39 Å². The summed E-state index contributed by atoms with van der Waals surface area (Å²) in [7, 11) is 0. The number of amides is 1. The Morgan fingerprint density at radius 2 is 1.79 bits per heavy atom. The van der Waals surface area contributed by atoms with Crippen molar-refractivity contribution in [3.8, 4) is 11.6 Å². The van der Waals surface area contributed by atoms with Gasteiger partial charge in [0.15, 0.2) is 5.69 Å². The van der Waals surface area contributed by atoms with Crippen LogP contribution in [-0.2, 0) is 4.79 Å². The van der Waals surface area contributed by atoms with Crippen LogP contribution in [0.15, 0.2) is 54.6 Å². The van der Waals surface area contributed by atoms with Crippen molar-refractivity contribution in [3.63, 3.8) is 0 Å². The molecule has 0 saturated heterocycles. The molecule has 3 N–H and O–H groups in total. The summed E-state index contributed by atoms with van der Waals surface area (Å²) in [5, 5.41) is 26.3. The first-order valence-corrected chi connectivity index (χ1v) is 8.54. The van der Waals surface area contributed by atoms with Crippen molar-refractivity contribution in [1.29, 1.82) is 0 Å². The monoisotopic (exact) mass is 403 g/mol. The van der Waals surface area contributed by atoms with Gasteiger partial charge >= 0.3 is 5.97 Å². The van der Waals surface area contributed by atoms with E-state index < -0.39 is 30.2 Å². The minimum atomic E-state index is -1.14. The number of nitrogens with zero attached hydrogens (tertiary/aromatic N) is 2. The predicted molar refractivity (Wildman–Crippen MR) is 99.1 cm³/mol. The number of rotatable bonds is 6. The van der Waals surface area contributed by atoms with Crippen LogP contribution in [-0.4, -0.2) is 31.9 Å². The molecule has 0 spiro atoms. The molecule has 0 aliphatic heterocycles. The van der Waals surface area contributed by atoms with Crippen LogP contribution in [0.5, 0.6) is 5.88 Å². The first-order valence-electron chi connectivity index (χ1n) is 8.16. The Kier molecular flexibility index (Phi) is 5.60. The largest absolute Gasteiger partial charge is 0.493 e. The Labute approximate surface area is 164 Å². The van der Waals surface area contributed by atoms with E-state index in [1.807, 2.05) is 0 Å². The van der Waals surface area contributed by atoms with E-state index in [1.165, 1.54) is 24.3 Å². The number of aliphatic carboxylic acids is 1. The Hall–Kier alpha value is -3.39. The fraction of sp³-hybridized carbons (Fsp3) is 0.105. The number of carbonyl (C=O) groups is 2. The van der Waals surface area contributed by atoms with Gasteiger partial charge in [-0.2, -0.15) is 5.10 Å². The number of carboxylic acid groups (broad SMARTS) is 1. The van der Waals surface area contributed by atoms with E-state index in [0.29, 0.717) is 16.3 Å². The molecule has 9 heteroatoms. The van der Waals surface area contributed by atoms with Crippen molar-refractivity contribution >= 4 is 23.5 Å². The molecule has 1 atom stereocenters. The second-order valence-corrected chi connectivity index (χ2v) is 6.39. The number of aromatic hydroxyl groups is 1. The summed E-state index contributed by atoms with van der Waals surface area (Å²) in [5.41, 5.74) is 0.810. The predicted octanol–water partition coefficient (Wildman–Crippen LogP) is 3.32. The molecule has 144 valence electrons. The van der Waals surface area contributed by atoms with Crippen molar-refractivity contribution < 1.29 is 24.2 Å². The third-order valence-electron chi connectivity index (χ3n) is 3.95. The van der Waals surface area contributed by atoms with E-state index >= 15 is 0 Å². The molecule has 0 aliphatic rings. The zero-order chi connectivity index (χ0) is 20.3. The van der Waals surface area contributed by atoms with Crippen LogP contribution in [0.2, 0.25) is 5.02 Å². The molecule has 0 unspecified atom stereocenters. The molecule has 3 rings (SSSR count). The Morgan fingerprint density at radius 3 is 2.39 bits per heavy atom. The van der Waals surface area contributed by atoms with E-state index in [1.54, 1.807) is 24.3 Å². The van der Waals surface area contributed by atoms with E-state index in [2.05, 4.69) is 10.4 Å². The number of hydrogen-bond acceptors (Lipinski definition) is 4. The summed E-state index contributed by atoms with van der Waals surface area (Å²) >= 11 is 5.83. The second kappa shape index (κ2) is 8.10. The van der Waals surface area contributed by atoms with Gasteiger partial charge in [-0.15, -0.1) is 0 Å². The maximum absolute atomic E-state index is 13.1. The van der Waals surface area contributed by atoms with Crippen LogP contribution in [0.25, 0.3) is 5.69 Å². The molecule has 0 saturated carbocycles. The molecule has 2 aromatic carbocycles. The average molecular weight is 404 g/mol. The van der Waals surface area contributed by atoms with Crippen molar-refractivity contribution in [2.75, 3.05) is 0 Å².